The number of nitrogens with zero attached hydrogens (tertiary/aromatic N) is 1. The molecule has 0 radical (unpaired) electrons. The second-order valence-electron chi connectivity index (χ2n) is 8.19. The maximum atomic E-state index is 2.58. The van der Waals surface area contributed by atoms with E-state index in [0.717, 1.165) is 0 Å². The third-order valence-electron chi connectivity index (χ3n) is 6.45. The predicted molar refractivity (Wildman–Crippen MR) is 132 cm³/mol. The Morgan fingerprint density at radius 2 is 1.10 bits per heavy atom. The van der Waals surface area contributed by atoms with Gasteiger partial charge in [0, 0.05) is 9.79 Å². The van der Waals surface area contributed by atoms with Crippen LogP contribution in [-0.2, 0) is 4.75 Å². The summed E-state index contributed by atoms with van der Waals surface area (Å²) >= 11 is 4.00. The van der Waals surface area contributed by atoms with Crippen molar-refractivity contribution >= 4 is 23.5 Å². The molecule has 0 N–H and O–H groups in total. The topological polar surface area (TPSA) is 3.24 Å². The van der Waals surface area contributed by atoms with E-state index in [2.05, 4.69) is 133 Å². The van der Waals surface area contributed by atoms with Crippen molar-refractivity contribution in [2.45, 2.75) is 26.0 Å². The number of benzene rings is 4. The Morgan fingerprint density at radius 3 is 1.68 bits per heavy atom. The third kappa shape index (κ3) is 2.91. The summed E-state index contributed by atoms with van der Waals surface area (Å²) in [5.74, 6) is 0. The predicted octanol–water partition coefficient (Wildman–Crippen LogP) is 7.51. The number of fused-ring (bicyclic) bond motifs is 4. The molecule has 2 unspecified atom stereocenters. The van der Waals surface area contributed by atoms with E-state index >= 15 is 0 Å². The number of likely N-dealkylation sites (N-methyl/N-ethyl adjacent to an activating group) is 1. The molecule has 3 heteroatoms. The van der Waals surface area contributed by atoms with Gasteiger partial charge in [0.05, 0.1) is 16.2 Å². The molecule has 4 aromatic rings. The highest BCUT2D eigenvalue weighted by Crippen LogP contribution is 2.69. The zero-order valence-electron chi connectivity index (χ0n) is 17.3. The fraction of sp³-hybridized carbons (Fsp3) is 0.143. The van der Waals surface area contributed by atoms with Gasteiger partial charge in [-0.1, -0.05) is 109 Å². The normalized spacial score (nSPS) is 21.6. The van der Waals surface area contributed by atoms with Gasteiger partial charge in [0.2, 0.25) is 0 Å². The third-order valence-corrected chi connectivity index (χ3v) is 9.47. The molecule has 2 aliphatic heterocycles. The lowest BCUT2D eigenvalue weighted by atomic mass is 9.79. The van der Waals surface area contributed by atoms with Crippen LogP contribution in [0.25, 0.3) is 0 Å². The second-order valence-corrected chi connectivity index (χ2v) is 10.6. The molecule has 0 aromatic heterocycles. The van der Waals surface area contributed by atoms with E-state index in [1.807, 2.05) is 11.8 Å². The molecule has 0 bridgehead atoms. The first-order valence-corrected chi connectivity index (χ1v) is 12.3. The zero-order chi connectivity index (χ0) is 20.8. The van der Waals surface area contributed by atoms with E-state index in [1.54, 1.807) is 0 Å². The van der Waals surface area contributed by atoms with E-state index in [9.17, 15) is 0 Å². The zero-order valence-corrected chi connectivity index (χ0v) is 18.9. The molecule has 0 amide bonds. The van der Waals surface area contributed by atoms with Crippen LogP contribution in [0.5, 0.6) is 0 Å². The summed E-state index contributed by atoms with van der Waals surface area (Å²) in [6.07, 6.45) is 0. The van der Waals surface area contributed by atoms with Crippen LogP contribution < -0.4 is 0 Å². The van der Waals surface area contributed by atoms with Gasteiger partial charge in [-0.3, -0.25) is 4.90 Å². The highest BCUT2D eigenvalue weighted by atomic mass is 32.2. The van der Waals surface area contributed by atoms with Crippen LogP contribution in [0, 0.1) is 0 Å². The average Bonchev–Trinajstić information content (AvgIpc) is 3.14. The Hall–Kier alpha value is -2.46. The molecule has 1 spiro atoms. The van der Waals surface area contributed by atoms with Crippen molar-refractivity contribution in [3.63, 3.8) is 0 Å². The number of thioether (sulfide) groups is 1. The molecule has 2 heterocycles. The lowest BCUT2D eigenvalue weighted by molar-refractivity contribution is 0.224. The summed E-state index contributed by atoms with van der Waals surface area (Å²) in [6.45, 7) is 0. The fourth-order valence-electron chi connectivity index (χ4n) is 5.18. The summed E-state index contributed by atoms with van der Waals surface area (Å²) in [5, 5.41) is 0.274. The largest absolute Gasteiger partial charge is 0.282 e. The monoisotopic (exact) mass is 437 g/mol. The SMILES string of the molecule is CN1C(c2ccccc2)SC2(c3ccccc3Sc3ccccc32)C1c1ccccc1. The van der Waals surface area contributed by atoms with Gasteiger partial charge in [-0.15, -0.1) is 11.8 Å². The molecule has 31 heavy (non-hydrogen) atoms. The summed E-state index contributed by atoms with van der Waals surface area (Å²) in [4.78, 5) is 5.33. The molecule has 152 valence electrons. The summed E-state index contributed by atoms with van der Waals surface area (Å²) in [5.41, 5.74) is 5.60. The molecule has 4 aromatic carbocycles. The minimum Gasteiger partial charge on any atom is -0.282 e. The van der Waals surface area contributed by atoms with Crippen LogP contribution >= 0.6 is 23.5 Å². The van der Waals surface area contributed by atoms with Crippen molar-refractivity contribution in [3.05, 3.63) is 131 Å². The fourth-order valence-corrected chi connectivity index (χ4v) is 8.49. The Balaban J connectivity index is 1.65. The molecule has 1 nitrogen and oxygen atoms in total. The van der Waals surface area contributed by atoms with Crippen LogP contribution in [0.15, 0.2) is 119 Å². The molecule has 2 aliphatic rings. The molecule has 2 atom stereocenters. The van der Waals surface area contributed by atoms with Crippen LogP contribution in [0.3, 0.4) is 0 Å². The van der Waals surface area contributed by atoms with Crippen molar-refractivity contribution in [3.8, 4) is 0 Å². The molecule has 0 aliphatic carbocycles. The van der Waals surface area contributed by atoms with Gasteiger partial charge in [-0.05, 0) is 41.4 Å². The van der Waals surface area contributed by atoms with Crippen molar-refractivity contribution in [2.24, 2.45) is 0 Å². The molecular weight excluding hydrogens is 414 g/mol. The van der Waals surface area contributed by atoms with Gasteiger partial charge in [0.25, 0.3) is 0 Å². The molecule has 1 saturated heterocycles. The summed E-state index contributed by atoms with van der Waals surface area (Å²) in [7, 11) is 2.30. The van der Waals surface area contributed by atoms with Crippen LogP contribution in [0.4, 0.5) is 0 Å². The molecule has 6 rings (SSSR count). The maximum absolute atomic E-state index is 2.58. The smallest absolute Gasteiger partial charge is 0.0894 e. The quantitative estimate of drug-likeness (QED) is 0.319. The first-order chi connectivity index (χ1) is 15.3. The van der Waals surface area contributed by atoms with Gasteiger partial charge in [-0.25, -0.2) is 0 Å². The first kappa shape index (κ1) is 19.2. The number of hydrogen-bond donors (Lipinski definition) is 0. The van der Waals surface area contributed by atoms with Gasteiger partial charge >= 0.3 is 0 Å². The second kappa shape index (κ2) is 7.59. The van der Waals surface area contributed by atoms with Gasteiger partial charge < -0.3 is 0 Å². The van der Waals surface area contributed by atoms with E-state index < -0.39 is 0 Å². The summed E-state index contributed by atoms with van der Waals surface area (Å²) < 4.78 is -0.172. The van der Waals surface area contributed by atoms with Gasteiger partial charge in [-0.2, -0.15) is 0 Å². The van der Waals surface area contributed by atoms with Gasteiger partial charge in [0.15, 0.2) is 0 Å². The maximum Gasteiger partial charge on any atom is 0.0894 e. The van der Waals surface area contributed by atoms with E-state index in [0.29, 0.717) is 0 Å². The Labute approximate surface area is 192 Å². The van der Waals surface area contributed by atoms with Crippen LogP contribution in [0.1, 0.15) is 33.7 Å². The van der Waals surface area contributed by atoms with Crippen molar-refractivity contribution in [1.82, 2.24) is 4.90 Å². The number of hydrogen-bond acceptors (Lipinski definition) is 3. The first-order valence-electron chi connectivity index (χ1n) is 10.7. The van der Waals surface area contributed by atoms with Crippen molar-refractivity contribution in [2.75, 3.05) is 7.05 Å². The van der Waals surface area contributed by atoms with Crippen molar-refractivity contribution in [1.29, 1.82) is 0 Å². The van der Waals surface area contributed by atoms with E-state index in [-0.39, 0.29) is 16.2 Å². The Bertz CT molecular complexity index is 1180. The van der Waals surface area contributed by atoms with Gasteiger partial charge in [0.1, 0.15) is 0 Å². The van der Waals surface area contributed by atoms with Crippen molar-refractivity contribution < 1.29 is 0 Å². The van der Waals surface area contributed by atoms with Crippen LogP contribution in [-0.4, -0.2) is 11.9 Å². The van der Waals surface area contributed by atoms with E-state index in [1.165, 1.54) is 32.0 Å². The standard InChI is InChI=1S/C28H23NS2/c1-29-26(20-12-4-2-5-13-20)28(31-27(29)21-14-6-3-7-15-21)22-16-8-10-18-24(22)30-25-19-11-9-17-23(25)28/h2-19,26-27H,1H3. The lowest BCUT2D eigenvalue weighted by Gasteiger charge is -2.42. The Morgan fingerprint density at radius 1 is 0.613 bits per heavy atom. The molecule has 0 saturated carbocycles. The minimum atomic E-state index is -0.172. The molecular formula is C28H23NS2. The lowest BCUT2D eigenvalue weighted by Crippen LogP contribution is -2.36. The summed E-state index contributed by atoms with van der Waals surface area (Å²) in [6, 6.07) is 40.3. The number of rotatable bonds is 2. The highest BCUT2D eigenvalue weighted by molar-refractivity contribution is 8.02. The minimum absolute atomic E-state index is 0.172. The van der Waals surface area contributed by atoms with Crippen LogP contribution in [0.2, 0.25) is 0 Å². The average molecular weight is 438 g/mol. The molecule has 1 fully saturated rings. The van der Waals surface area contributed by atoms with E-state index in [4.69, 9.17) is 0 Å². The highest BCUT2D eigenvalue weighted by Gasteiger charge is 2.57. The Kier molecular flexibility index (Phi) is 4.71.